The number of nitrogens with one attached hydrogen (secondary N) is 1. The molecule has 0 bridgehead atoms. The molecule has 116 valence electrons. The van der Waals surface area contributed by atoms with Crippen LogP contribution in [-0.2, 0) is 4.79 Å². The maximum absolute atomic E-state index is 11.8. The number of hydrogen-bond donors (Lipinski definition) is 2. The Morgan fingerprint density at radius 2 is 1.64 bits per heavy atom. The number of benzene rings is 2. The third-order valence-electron chi connectivity index (χ3n) is 3.72. The zero-order chi connectivity index (χ0) is 16.1. The van der Waals surface area contributed by atoms with E-state index in [1.54, 1.807) is 0 Å². The molecule has 3 N–H and O–H groups in total. The van der Waals surface area contributed by atoms with Crippen LogP contribution >= 0.6 is 0 Å². The number of amides is 1. The lowest BCUT2D eigenvalue weighted by molar-refractivity contribution is -0.120. The first-order valence-electron chi connectivity index (χ1n) is 7.37. The summed E-state index contributed by atoms with van der Waals surface area (Å²) in [6, 6.07) is 17.2. The monoisotopic (exact) mass is 297 g/mol. The second-order valence-electron chi connectivity index (χ2n) is 5.59. The molecular weight excluding hydrogens is 274 g/mol. The van der Waals surface area contributed by atoms with E-state index < -0.39 is 6.04 Å². The largest absolute Gasteiger partial charge is 0.377 e. The SMILES string of the molecule is C[C@H](N[C@@H](C(N)=O)c1ccccc1)c1ccccc1N(C)C. The van der Waals surface area contributed by atoms with Crippen LogP contribution in [0.1, 0.15) is 30.1 Å². The van der Waals surface area contributed by atoms with Crippen molar-refractivity contribution in [3.8, 4) is 0 Å². The maximum atomic E-state index is 11.8. The van der Waals surface area contributed by atoms with E-state index in [0.29, 0.717) is 0 Å². The quantitative estimate of drug-likeness (QED) is 0.861. The summed E-state index contributed by atoms with van der Waals surface area (Å²) in [4.78, 5) is 13.9. The smallest absolute Gasteiger partial charge is 0.239 e. The Kier molecular flexibility index (Phi) is 5.17. The lowest BCUT2D eigenvalue weighted by Crippen LogP contribution is -2.35. The first-order valence-corrected chi connectivity index (χ1v) is 7.37. The standard InChI is InChI=1S/C18H23N3O/c1-13(15-11-7-8-12-16(15)21(2)3)20-17(18(19)22)14-9-5-4-6-10-14/h4-13,17,20H,1-3H3,(H2,19,22)/t13-,17+/m0/s1. The van der Waals surface area contributed by atoms with E-state index in [1.807, 2.05) is 63.5 Å². The van der Waals surface area contributed by atoms with Crippen LogP contribution in [0.15, 0.2) is 54.6 Å². The van der Waals surface area contributed by atoms with Crippen LogP contribution < -0.4 is 16.0 Å². The van der Waals surface area contributed by atoms with Gasteiger partial charge in [-0.05, 0) is 24.1 Å². The summed E-state index contributed by atoms with van der Waals surface area (Å²) < 4.78 is 0. The molecule has 0 aliphatic heterocycles. The molecule has 4 heteroatoms. The zero-order valence-corrected chi connectivity index (χ0v) is 13.3. The second-order valence-corrected chi connectivity index (χ2v) is 5.59. The van der Waals surface area contributed by atoms with E-state index in [2.05, 4.69) is 22.3 Å². The Hall–Kier alpha value is -2.33. The van der Waals surface area contributed by atoms with E-state index in [4.69, 9.17) is 5.73 Å². The lowest BCUT2D eigenvalue weighted by Gasteiger charge is -2.25. The normalized spacial score (nSPS) is 13.4. The van der Waals surface area contributed by atoms with E-state index in [9.17, 15) is 4.79 Å². The van der Waals surface area contributed by atoms with Gasteiger partial charge in [0.05, 0.1) is 0 Å². The van der Waals surface area contributed by atoms with Gasteiger partial charge in [-0.2, -0.15) is 0 Å². The first-order chi connectivity index (χ1) is 10.5. The zero-order valence-electron chi connectivity index (χ0n) is 13.3. The van der Waals surface area contributed by atoms with Crippen molar-refractivity contribution in [3.63, 3.8) is 0 Å². The molecule has 0 aliphatic rings. The molecule has 2 rings (SSSR count). The van der Waals surface area contributed by atoms with E-state index >= 15 is 0 Å². The van der Waals surface area contributed by atoms with Crippen molar-refractivity contribution in [2.75, 3.05) is 19.0 Å². The molecule has 2 aromatic carbocycles. The van der Waals surface area contributed by atoms with Gasteiger partial charge in [0.25, 0.3) is 0 Å². The third-order valence-corrected chi connectivity index (χ3v) is 3.72. The summed E-state index contributed by atoms with van der Waals surface area (Å²) in [5, 5.41) is 3.34. The summed E-state index contributed by atoms with van der Waals surface area (Å²) >= 11 is 0. The molecule has 0 aliphatic carbocycles. The van der Waals surface area contributed by atoms with Gasteiger partial charge in [0.2, 0.25) is 5.91 Å². The molecule has 0 unspecified atom stereocenters. The van der Waals surface area contributed by atoms with Gasteiger partial charge in [0.15, 0.2) is 0 Å². The highest BCUT2D eigenvalue weighted by Gasteiger charge is 2.21. The van der Waals surface area contributed by atoms with E-state index in [0.717, 1.165) is 16.8 Å². The molecule has 2 atom stereocenters. The van der Waals surface area contributed by atoms with Crippen LogP contribution in [0.5, 0.6) is 0 Å². The van der Waals surface area contributed by atoms with Crippen molar-refractivity contribution in [1.82, 2.24) is 5.32 Å². The summed E-state index contributed by atoms with van der Waals surface area (Å²) in [6.45, 7) is 2.04. The molecule has 0 saturated heterocycles. The van der Waals surface area contributed by atoms with Crippen molar-refractivity contribution >= 4 is 11.6 Å². The molecule has 0 fully saturated rings. The molecule has 0 radical (unpaired) electrons. The molecule has 2 aromatic rings. The number of rotatable bonds is 6. The van der Waals surface area contributed by atoms with Crippen LogP contribution in [0.3, 0.4) is 0 Å². The molecular formula is C18H23N3O. The fraction of sp³-hybridized carbons (Fsp3) is 0.278. The second kappa shape index (κ2) is 7.09. The predicted octanol–water partition coefficient (Wildman–Crippen LogP) is 2.63. The Morgan fingerprint density at radius 3 is 2.23 bits per heavy atom. The van der Waals surface area contributed by atoms with Crippen LogP contribution in [-0.4, -0.2) is 20.0 Å². The number of primary amides is 1. The van der Waals surface area contributed by atoms with E-state index in [1.165, 1.54) is 0 Å². The number of anilines is 1. The Bertz CT molecular complexity index is 625. The van der Waals surface area contributed by atoms with E-state index in [-0.39, 0.29) is 11.9 Å². The van der Waals surface area contributed by atoms with Gasteiger partial charge in [-0.15, -0.1) is 0 Å². The van der Waals surface area contributed by atoms with Crippen molar-refractivity contribution < 1.29 is 4.79 Å². The first kappa shape index (κ1) is 16.0. The number of carbonyl (C=O) groups excluding carboxylic acids is 1. The lowest BCUT2D eigenvalue weighted by atomic mass is 10.0. The van der Waals surface area contributed by atoms with Crippen LogP contribution in [0.25, 0.3) is 0 Å². The van der Waals surface area contributed by atoms with Crippen molar-refractivity contribution in [2.24, 2.45) is 5.73 Å². The summed E-state index contributed by atoms with van der Waals surface area (Å²) in [5.41, 5.74) is 8.72. The minimum absolute atomic E-state index is 0.00342. The molecule has 0 spiro atoms. The molecule has 0 saturated carbocycles. The highest BCUT2D eigenvalue weighted by molar-refractivity contribution is 5.81. The average Bonchev–Trinajstić information content (AvgIpc) is 2.52. The predicted molar refractivity (Wildman–Crippen MR) is 90.7 cm³/mol. The van der Waals surface area contributed by atoms with Gasteiger partial charge in [-0.25, -0.2) is 0 Å². The average molecular weight is 297 g/mol. The Labute approximate surface area is 131 Å². The topological polar surface area (TPSA) is 58.4 Å². The third kappa shape index (κ3) is 3.65. The number of hydrogen-bond acceptors (Lipinski definition) is 3. The number of nitrogens with zero attached hydrogens (tertiary/aromatic N) is 1. The summed E-state index contributed by atoms with van der Waals surface area (Å²) in [7, 11) is 4.02. The van der Waals surface area contributed by atoms with Gasteiger partial charge in [-0.1, -0.05) is 48.5 Å². The Morgan fingerprint density at radius 1 is 1.05 bits per heavy atom. The molecule has 0 heterocycles. The van der Waals surface area contributed by atoms with Crippen LogP contribution in [0.4, 0.5) is 5.69 Å². The molecule has 0 aromatic heterocycles. The van der Waals surface area contributed by atoms with Gasteiger partial charge < -0.3 is 10.6 Å². The fourth-order valence-electron chi connectivity index (χ4n) is 2.59. The minimum atomic E-state index is -0.508. The van der Waals surface area contributed by atoms with Crippen LogP contribution in [0, 0.1) is 0 Å². The summed E-state index contributed by atoms with van der Waals surface area (Å²) in [5.74, 6) is -0.375. The highest BCUT2D eigenvalue weighted by Crippen LogP contribution is 2.27. The number of para-hydroxylation sites is 1. The van der Waals surface area contributed by atoms with Gasteiger partial charge in [0, 0.05) is 25.8 Å². The maximum Gasteiger partial charge on any atom is 0.239 e. The van der Waals surface area contributed by atoms with Crippen molar-refractivity contribution in [3.05, 3.63) is 65.7 Å². The van der Waals surface area contributed by atoms with Gasteiger partial charge in [0.1, 0.15) is 6.04 Å². The molecule has 4 nitrogen and oxygen atoms in total. The number of nitrogens with two attached hydrogens (primary N) is 1. The fourth-order valence-corrected chi connectivity index (χ4v) is 2.59. The van der Waals surface area contributed by atoms with Crippen molar-refractivity contribution in [2.45, 2.75) is 19.0 Å². The molecule has 1 amide bonds. The number of carbonyl (C=O) groups is 1. The van der Waals surface area contributed by atoms with Gasteiger partial charge >= 0.3 is 0 Å². The molecule has 22 heavy (non-hydrogen) atoms. The minimum Gasteiger partial charge on any atom is -0.377 e. The van der Waals surface area contributed by atoms with Crippen molar-refractivity contribution in [1.29, 1.82) is 0 Å². The van der Waals surface area contributed by atoms with Crippen LogP contribution in [0.2, 0.25) is 0 Å². The van der Waals surface area contributed by atoms with Gasteiger partial charge in [-0.3, -0.25) is 10.1 Å². The summed E-state index contributed by atoms with van der Waals surface area (Å²) in [6.07, 6.45) is 0. The Balaban J connectivity index is 2.26. The highest BCUT2D eigenvalue weighted by atomic mass is 16.1.